The van der Waals surface area contributed by atoms with Gasteiger partial charge in [-0.2, -0.15) is 14.6 Å². The molecule has 0 fully saturated rings. The van der Waals surface area contributed by atoms with Crippen molar-refractivity contribution in [3.63, 3.8) is 0 Å². The van der Waals surface area contributed by atoms with Gasteiger partial charge in [-0.1, -0.05) is 6.07 Å². The number of carboxylic acids is 1. The van der Waals surface area contributed by atoms with Crippen LogP contribution in [0.3, 0.4) is 0 Å². The molecular weight excluding hydrogens is 807 g/mol. The lowest BCUT2D eigenvalue weighted by molar-refractivity contribution is -0.299. The first-order valence-corrected chi connectivity index (χ1v) is 19.9. The smallest absolute Gasteiger partial charge is 0.336 e. The highest BCUT2D eigenvalue weighted by molar-refractivity contribution is 7.80. The number of furan rings is 1. The van der Waals surface area contributed by atoms with Crippen LogP contribution in [0.2, 0.25) is 0 Å². The maximum atomic E-state index is 12.5. The molecule has 8 rings (SSSR count). The van der Waals surface area contributed by atoms with Crippen LogP contribution < -0.4 is 21.4 Å². The minimum atomic E-state index is -1.15. The summed E-state index contributed by atoms with van der Waals surface area (Å²) < 4.78 is 20.4. The molecule has 2 aromatic carbocycles. The molecule has 314 valence electrons. The monoisotopic (exact) mass is 847 g/mol. The number of nitrogens with zero attached hydrogens (tertiary/aromatic N) is 6. The second-order valence-electron chi connectivity index (χ2n) is 14.0. The minimum Gasteiger partial charge on any atom is -0.508 e. The Morgan fingerprint density at radius 2 is 1.74 bits per heavy atom. The van der Waals surface area contributed by atoms with Gasteiger partial charge in [-0.25, -0.2) is 19.6 Å². The molecule has 0 saturated heterocycles. The number of aromatic nitrogens is 6. The van der Waals surface area contributed by atoms with Crippen molar-refractivity contribution in [2.75, 3.05) is 50.2 Å². The van der Waals surface area contributed by atoms with Gasteiger partial charge < -0.3 is 39.7 Å². The number of fused-ring (bicyclic) bond motifs is 5. The van der Waals surface area contributed by atoms with Crippen LogP contribution in [-0.2, 0) is 21.6 Å². The van der Waals surface area contributed by atoms with E-state index in [0.717, 1.165) is 24.6 Å². The predicted molar refractivity (Wildman–Crippen MR) is 230 cm³/mol. The fraction of sp³-hybridized carbons (Fsp3) is 0.262. The molecule has 5 N–H and O–H groups in total. The molecule has 1 aliphatic carbocycles. The topological polar surface area (TPSA) is 226 Å². The van der Waals surface area contributed by atoms with Crippen molar-refractivity contribution in [3.05, 3.63) is 95.0 Å². The number of aryl methyl sites for hydroxylation is 1. The Bertz CT molecular complexity index is 2860. The van der Waals surface area contributed by atoms with Gasteiger partial charge in [0.1, 0.15) is 23.7 Å². The fourth-order valence-electron chi connectivity index (χ4n) is 6.82. The third-order valence-electron chi connectivity index (χ3n) is 9.60. The first kappa shape index (κ1) is 40.8. The van der Waals surface area contributed by atoms with Crippen LogP contribution in [0.4, 0.5) is 11.6 Å². The van der Waals surface area contributed by atoms with E-state index in [1.54, 1.807) is 51.9 Å². The third-order valence-corrected chi connectivity index (χ3v) is 9.84. The van der Waals surface area contributed by atoms with Gasteiger partial charge in [-0.3, -0.25) is 9.48 Å². The Morgan fingerprint density at radius 3 is 2.59 bits per heavy atom. The lowest BCUT2D eigenvalue weighted by Gasteiger charge is -2.18. The lowest BCUT2D eigenvalue weighted by Crippen LogP contribution is -2.29. The summed E-state index contributed by atoms with van der Waals surface area (Å²) in [6, 6.07) is 17.5. The van der Waals surface area contributed by atoms with Crippen molar-refractivity contribution >= 4 is 62.6 Å². The molecule has 18 nitrogen and oxygen atoms in total. The van der Waals surface area contributed by atoms with Crippen LogP contribution in [0.15, 0.2) is 92.8 Å². The van der Waals surface area contributed by atoms with Crippen LogP contribution in [0.25, 0.3) is 61.7 Å². The van der Waals surface area contributed by atoms with Gasteiger partial charge in [-0.05, 0) is 92.0 Å². The van der Waals surface area contributed by atoms with Gasteiger partial charge in [0.2, 0.25) is 11.8 Å². The fourth-order valence-corrected chi connectivity index (χ4v) is 7.04. The molecule has 5 heterocycles. The molecule has 61 heavy (non-hydrogen) atoms. The Morgan fingerprint density at radius 1 is 0.869 bits per heavy atom. The zero-order chi connectivity index (χ0) is 42.3. The van der Waals surface area contributed by atoms with Crippen LogP contribution >= 0.6 is 12.2 Å². The van der Waals surface area contributed by atoms with Crippen molar-refractivity contribution in [1.29, 1.82) is 0 Å². The minimum absolute atomic E-state index is 0.0201. The summed E-state index contributed by atoms with van der Waals surface area (Å²) in [6.07, 6.45) is 6.62. The second kappa shape index (κ2) is 18.6. The Balaban J connectivity index is 0.713. The third kappa shape index (κ3) is 9.44. The normalized spacial score (nSPS) is 11.6. The number of hydrogen-bond donors (Lipinski definition) is 5. The van der Waals surface area contributed by atoms with Gasteiger partial charge in [0.25, 0.3) is 0 Å². The molecule has 1 aliphatic heterocycles. The molecule has 19 heteroatoms. The van der Waals surface area contributed by atoms with Gasteiger partial charge in [0, 0.05) is 67.3 Å². The highest BCUT2D eigenvalue weighted by Crippen LogP contribution is 2.42. The average molecular weight is 848 g/mol. The molecular formula is C42H41N9O9S. The maximum Gasteiger partial charge on any atom is 0.336 e. The number of carboxylic acid groups (broad SMARTS) is 1. The number of hydrogen-bond acceptors (Lipinski definition) is 14. The number of phenols is 1. The molecule has 0 atom stereocenters. The molecule has 4 aromatic heterocycles. The van der Waals surface area contributed by atoms with Crippen molar-refractivity contribution in [2.45, 2.75) is 25.7 Å². The van der Waals surface area contributed by atoms with E-state index < -0.39 is 5.97 Å². The molecule has 0 unspecified atom stereocenters. The van der Waals surface area contributed by atoms with Gasteiger partial charge in [0.05, 0.1) is 30.4 Å². The van der Waals surface area contributed by atoms with Crippen molar-refractivity contribution in [1.82, 2.24) is 34.7 Å². The summed E-state index contributed by atoms with van der Waals surface area (Å²) in [5, 5.41) is 40.6. The van der Waals surface area contributed by atoms with Crippen LogP contribution in [0.1, 0.15) is 36.0 Å². The van der Waals surface area contributed by atoms with E-state index in [4.69, 9.17) is 35.6 Å². The molecule has 0 spiro atoms. The number of nitrogens with one attached hydrogen (secondary N) is 3. The summed E-state index contributed by atoms with van der Waals surface area (Å²) >= 11 is 5.47. The predicted octanol–water partition coefficient (Wildman–Crippen LogP) is 6.48. The van der Waals surface area contributed by atoms with Crippen molar-refractivity contribution in [3.8, 4) is 39.8 Å². The van der Waals surface area contributed by atoms with E-state index in [0.29, 0.717) is 113 Å². The first-order chi connectivity index (χ1) is 29.7. The number of aromatic hydroxyl groups is 1. The van der Waals surface area contributed by atoms with Crippen molar-refractivity contribution < 1.29 is 38.4 Å². The Kier molecular flexibility index (Phi) is 12.4. The number of aromatic carboxylic acids is 1. The second-order valence-corrected chi connectivity index (χ2v) is 14.4. The maximum absolute atomic E-state index is 12.5. The highest BCUT2D eigenvalue weighted by Gasteiger charge is 2.23. The number of rotatable bonds is 19. The molecule has 2 aliphatic rings. The number of thiocarbonyl (C=S) groups is 1. The first-order valence-electron chi connectivity index (χ1n) is 19.5. The summed E-state index contributed by atoms with van der Waals surface area (Å²) in [5.74, 6) is 0.647. The number of unbranched alkanes of at least 4 members (excludes halogenated alkanes) is 2. The number of anilines is 2. The van der Waals surface area contributed by atoms with Gasteiger partial charge in [-0.15, -0.1) is 5.10 Å². The SMILES string of the molecule is Cn1cc2c(nc(NCCCOCCOOCCCCCNC(=S)Nc3ccc(-c4c5ccc(=O)cc-5oc5cc(O)ccc45)c(C(=O)O)c3)n3nc(-c4ccco4)nc23)n1. The van der Waals surface area contributed by atoms with Crippen LogP contribution in [-0.4, -0.2) is 90.2 Å². The summed E-state index contributed by atoms with van der Waals surface area (Å²) in [5.41, 5.74) is 3.30. The van der Waals surface area contributed by atoms with E-state index in [1.165, 1.54) is 30.3 Å². The summed E-state index contributed by atoms with van der Waals surface area (Å²) in [7, 11) is 1.83. The van der Waals surface area contributed by atoms with Crippen LogP contribution in [0, 0.1) is 0 Å². The van der Waals surface area contributed by atoms with E-state index in [2.05, 4.69) is 36.1 Å². The molecule has 6 aromatic rings. The van der Waals surface area contributed by atoms with E-state index >= 15 is 0 Å². The lowest BCUT2D eigenvalue weighted by atomic mass is 9.90. The standard InChI is InChI=1S/C42H41N9O9S/c1-50-24-32-37(48-50)47-41(51-39(32)46-38(49-51)33-7-5-17-57-33)43-15-6-16-56-19-20-59-58-18-4-2-3-14-44-42(61)45-25-8-11-28(31(21-25)40(54)55)36-29-12-9-26(52)22-34(29)60-35-23-27(53)10-13-30(35)36/h5,7-13,17,21-24,52H,2-4,6,14-16,18-20H2,1H3,(H,54,55)(H,43,47,48)(H2,44,45,61). The van der Waals surface area contributed by atoms with Gasteiger partial charge >= 0.3 is 5.97 Å². The largest absolute Gasteiger partial charge is 0.508 e. The Labute approximate surface area is 352 Å². The molecule has 0 radical (unpaired) electrons. The van der Waals surface area contributed by atoms with E-state index in [1.807, 2.05) is 13.2 Å². The number of benzene rings is 3. The molecule has 0 amide bonds. The van der Waals surface area contributed by atoms with Crippen LogP contribution in [0.5, 0.6) is 5.75 Å². The quantitative estimate of drug-likeness (QED) is 0.0193. The number of phenolic OH excluding ortho intramolecular Hbond substituents is 1. The van der Waals surface area contributed by atoms with E-state index in [-0.39, 0.29) is 22.5 Å². The summed E-state index contributed by atoms with van der Waals surface area (Å²) in [6.45, 7) is 2.81. The molecule has 0 bridgehead atoms. The zero-order valence-corrected chi connectivity index (χ0v) is 33.7. The van der Waals surface area contributed by atoms with Crippen molar-refractivity contribution in [2.24, 2.45) is 7.05 Å². The zero-order valence-electron chi connectivity index (χ0n) is 32.9. The number of ether oxygens (including phenoxy) is 1. The van der Waals surface area contributed by atoms with E-state index in [9.17, 15) is 19.8 Å². The van der Waals surface area contributed by atoms with Gasteiger partial charge in [0.15, 0.2) is 27.6 Å². The highest BCUT2D eigenvalue weighted by atomic mass is 32.1. The molecule has 0 saturated carbocycles. The summed E-state index contributed by atoms with van der Waals surface area (Å²) in [4.78, 5) is 44.5. The average Bonchev–Trinajstić information content (AvgIpc) is 4.02. The Hall–Kier alpha value is -6.93. The number of carbonyl (C=O) groups is 1.